The van der Waals surface area contributed by atoms with E-state index in [0.29, 0.717) is 4.60 Å². The van der Waals surface area contributed by atoms with Gasteiger partial charge in [0, 0.05) is 0 Å². The van der Waals surface area contributed by atoms with E-state index >= 15 is 0 Å². The van der Waals surface area contributed by atoms with Crippen molar-refractivity contribution in [3.05, 3.63) is 0 Å². The van der Waals surface area contributed by atoms with Crippen molar-refractivity contribution in [3.8, 4) is 0 Å². The lowest BCUT2D eigenvalue weighted by Crippen LogP contribution is -2.26. The Kier molecular flexibility index (Phi) is 5.31. The van der Waals surface area contributed by atoms with Gasteiger partial charge in [-0.2, -0.15) is 13.0 Å². The van der Waals surface area contributed by atoms with Crippen molar-refractivity contribution >= 4 is 25.9 Å². The van der Waals surface area contributed by atoms with Crippen LogP contribution in [0.15, 0.2) is 0 Å². The van der Waals surface area contributed by atoms with Crippen molar-refractivity contribution in [2.24, 2.45) is 0 Å². The van der Waals surface area contributed by atoms with Crippen LogP contribution in [0.5, 0.6) is 0 Å². The van der Waals surface area contributed by atoms with Crippen molar-refractivity contribution in [2.75, 3.05) is 7.11 Å². The highest BCUT2D eigenvalue weighted by Crippen LogP contribution is 2.67. The molecule has 0 aliphatic carbocycles. The molecule has 1 N–H and O–H groups in total. The molecule has 0 spiro atoms. The first kappa shape index (κ1) is 12.9. The molecule has 1 aliphatic heterocycles. The molecule has 1 saturated heterocycles. The Balaban J connectivity index is 2.57. The minimum atomic E-state index is -3.06. The summed E-state index contributed by atoms with van der Waals surface area (Å²) in [5, 5.41) is 0. The summed E-state index contributed by atoms with van der Waals surface area (Å²) in [6.45, 7) is -3.06. The maximum Gasteiger partial charge on any atom is 0.350 e. The van der Waals surface area contributed by atoms with E-state index in [0.717, 1.165) is 7.11 Å². The molecule has 84 valence electrons. The predicted octanol–water partition coefficient (Wildman–Crippen LogP) is 2.81. The molecule has 0 bridgehead atoms. The van der Waals surface area contributed by atoms with Crippen molar-refractivity contribution < 1.29 is 26.8 Å². The second-order valence-electron chi connectivity index (χ2n) is 1.80. The summed E-state index contributed by atoms with van der Waals surface area (Å²) in [4.78, 5) is 6.66. The fraction of sp³-hybridized carbons (Fsp3) is 1.00. The van der Waals surface area contributed by atoms with Crippen LogP contribution in [0, 0.1) is 0 Å². The normalized spacial score (nSPS) is 33.0. The maximum atomic E-state index is 13.0. The Bertz CT molecular complexity index is 191. The fourth-order valence-corrected chi connectivity index (χ4v) is 4.94. The molecule has 0 aromatic rings. The van der Waals surface area contributed by atoms with Crippen LogP contribution in [0.1, 0.15) is 0 Å². The number of hydrogen-bond acceptors (Lipinski definition) is 5. The van der Waals surface area contributed by atoms with Gasteiger partial charge in [-0.3, -0.25) is 9.36 Å². The highest BCUT2D eigenvalue weighted by molar-refractivity contribution is 7.74. The van der Waals surface area contributed by atoms with Gasteiger partial charge in [0.15, 0.2) is 0 Å². The van der Waals surface area contributed by atoms with Gasteiger partial charge in [0.25, 0.3) is 0 Å². The largest absolute Gasteiger partial charge is 0.350 e. The Morgan fingerprint density at radius 2 is 2.14 bits per heavy atom. The van der Waals surface area contributed by atoms with E-state index in [1.165, 1.54) is 0 Å². The van der Waals surface area contributed by atoms with Gasteiger partial charge in [-0.05, 0) is 4.66 Å². The van der Waals surface area contributed by atoms with E-state index in [1.807, 2.05) is 0 Å². The van der Waals surface area contributed by atoms with E-state index in [4.69, 9.17) is 0 Å². The van der Waals surface area contributed by atoms with Crippen LogP contribution in [-0.4, -0.2) is 23.0 Å². The first-order valence-corrected chi connectivity index (χ1v) is 6.38. The quantitative estimate of drug-likeness (QED) is 0.486. The fourth-order valence-electron chi connectivity index (χ4n) is 0.586. The Hall–Kier alpha value is 0.810. The molecular weight excluding hydrogens is 267 g/mol. The summed E-state index contributed by atoms with van der Waals surface area (Å²) in [7, 11) is -4.74. The van der Waals surface area contributed by atoms with E-state index < -0.39 is 32.5 Å². The molecule has 1 rings (SSSR count). The van der Waals surface area contributed by atoms with Crippen LogP contribution in [0.3, 0.4) is 0 Å². The van der Waals surface area contributed by atoms with Gasteiger partial charge in [0.2, 0.25) is 8.45 Å². The zero-order chi connectivity index (χ0) is 10.7. The van der Waals surface area contributed by atoms with Crippen LogP contribution in [0.4, 0.5) is 17.5 Å². The van der Waals surface area contributed by atoms with E-state index in [2.05, 4.69) is 14.2 Å². The van der Waals surface area contributed by atoms with E-state index in [-0.39, 0.29) is 4.66 Å². The molecule has 3 unspecified atom stereocenters. The van der Waals surface area contributed by atoms with Gasteiger partial charge in [0.05, 0.1) is 16.0 Å². The Morgan fingerprint density at radius 1 is 1.50 bits per heavy atom. The summed E-state index contributed by atoms with van der Waals surface area (Å²) < 4.78 is 53.5. The number of nitrogens with one attached hydrogen (secondary N) is 1. The lowest BCUT2D eigenvalue weighted by molar-refractivity contribution is -0.0649. The third-order valence-electron chi connectivity index (χ3n) is 1.02. The van der Waals surface area contributed by atoms with Gasteiger partial charge >= 0.3 is 15.1 Å². The van der Waals surface area contributed by atoms with Crippen molar-refractivity contribution in [3.63, 3.8) is 0 Å². The first-order chi connectivity index (χ1) is 6.56. The molecule has 0 radical (unpaired) electrons. The van der Waals surface area contributed by atoms with E-state index in [1.54, 1.807) is 0 Å². The monoisotopic (exact) mass is 273 g/mol. The van der Waals surface area contributed by atoms with Crippen LogP contribution < -0.4 is 4.86 Å². The lowest BCUT2D eigenvalue weighted by atomic mass is 11.5. The second kappa shape index (κ2) is 5.77. The maximum absolute atomic E-state index is 13.0. The van der Waals surface area contributed by atoms with Crippen LogP contribution in [0.25, 0.3) is 0 Å². The summed E-state index contributed by atoms with van der Waals surface area (Å²) in [6.07, 6.45) is 0. The number of halogens is 4. The molecule has 0 amide bonds. The van der Waals surface area contributed by atoms with Gasteiger partial charge in [0.1, 0.15) is 0 Å². The Morgan fingerprint density at radius 3 is 2.64 bits per heavy atom. The molecule has 3 atom stereocenters. The standard InChI is InChI=1S/C2H6F4N3O2P3/c1-10-9-13(6)8(5)12-7-14(9)11-2(3)4/h2,7,12H,1H3. The number of alkyl halides is 2. The van der Waals surface area contributed by atoms with Crippen molar-refractivity contribution in [1.29, 1.82) is 0 Å². The SMILES string of the molecule is CON1P(OC(F)F)NPN(F)P1F. The molecule has 0 aromatic carbocycles. The molecule has 0 aromatic heterocycles. The minimum Gasteiger partial charge on any atom is -0.288 e. The summed E-state index contributed by atoms with van der Waals surface area (Å²) in [6, 6.07) is 0. The zero-order valence-electron chi connectivity index (χ0n) is 6.69. The van der Waals surface area contributed by atoms with E-state index in [9.17, 15) is 17.5 Å². The number of rotatable bonds is 3. The molecule has 1 heterocycles. The van der Waals surface area contributed by atoms with Gasteiger partial charge < -0.3 is 0 Å². The molecule has 5 nitrogen and oxygen atoms in total. The van der Waals surface area contributed by atoms with Crippen LogP contribution in [0.2, 0.25) is 0 Å². The molecule has 0 saturated carbocycles. The van der Waals surface area contributed by atoms with Crippen LogP contribution in [-0.2, 0) is 9.36 Å². The summed E-state index contributed by atoms with van der Waals surface area (Å²) >= 11 is 0. The summed E-state index contributed by atoms with van der Waals surface area (Å²) in [5.74, 6) is 0. The molecule has 14 heavy (non-hydrogen) atoms. The molecule has 1 fully saturated rings. The van der Waals surface area contributed by atoms with Gasteiger partial charge in [-0.25, -0.2) is 4.86 Å². The number of hydrogen-bond donors (Lipinski definition) is 1. The van der Waals surface area contributed by atoms with Crippen molar-refractivity contribution in [2.45, 2.75) is 6.61 Å². The smallest absolute Gasteiger partial charge is 0.288 e. The van der Waals surface area contributed by atoms with Gasteiger partial charge in [-0.1, -0.05) is 4.60 Å². The highest BCUT2D eigenvalue weighted by Gasteiger charge is 2.41. The summed E-state index contributed by atoms with van der Waals surface area (Å²) in [5.41, 5.74) is 0. The van der Waals surface area contributed by atoms with Crippen molar-refractivity contribution in [1.82, 2.24) is 14.1 Å². The minimum absolute atomic E-state index is 0.160. The highest BCUT2D eigenvalue weighted by atomic mass is 31.3. The zero-order valence-corrected chi connectivity index (χ0v) is 9.48. The molecular formula is C2H6F4N3O2P3. The van der Waals surface area contributed by atoms with Gasteiger partial charge in [-0.15, -0.1) is 4.48 Å². The number of nitrogens with zero attached hydrogens (tertiary/aromatic N) is 2. The first-order valence-electron chi connectivity index (χ1n) is 3.08. The second-order valence-corrected chi connectivity index (χ2v) is 6.32. The Labute approximate surface area is 81.4 Å². The predicted molar refractivity (Wildman–Crippen MR) is 45.3 cm³/mol. The van der Waals surface area contributed by atoms with Crippen LogP contribution >= 0.6 is 25.9 Å². The average molecular weight is 273 g/mol. The third kappa shape index (κ3) is 3.15. The average Bonchev–Trinajstić information content (AvgIpc) is 2.11. The topological polar surface area (TPSA) is 37.0 Å². The third-order valence-corrected chi connectivity index (χ3v) is 5.67. The molecule has 1 aliphatic rings. The lowest BCUT2D eigenvalue weighted by Gasteiger charge is -2.35. The molecule has 12 heteroatoms.